The highest BCUT2D eigenvalue weighted by atomic mass is 35.5. The Bertz CT molecular complexity index is 371. The van der Waals surface area contributed by atoms with Crippen molar-refractivity contribution in [3.8, 4) is 0 Å². The maximum Gasteiger partial charge on any atom is 0.171 e. The number of benzene rings is 1. The van der Waals surface area contributed by atoms with Crippen molar-refractivity contribution < 1.29 is 0 Å². The molecule has 1 fully saturated rings. The largest absolute Gasteiger partial charge is 0.360 e. The summed E-state index contributed by atoms with van der Waals surface area (Å²) < 4.78 is 0. The first-order chi connectivity index (χ1) is 7.16. The molecule has 0 aromatic heterocycles. The number of hydrogen-bond acceptors (Lipinski definition) is 1. The maximum absolute atomic E-state index is 5.99. The Morgan fingerprint density at radius 3 is 2.40 bits per heavy atom. The second kappa shape index (κ2) is 4.56. The molecule has 2 N–H and O–H groups in total. The minimum Gasteiger partial charge on any atom is -0.360 e. The zero-order valence-corrected chi connectivity index (χ0v) is 10.2. The highest BCUT2D eigenvalue weighted by Gasteiger charge is 2.22. The third-order valence-electron chi connectivity index (χ3n) is 2.11. The highest BCUT2D eigenvalue weighted by molar-refractivity contribution is 7.80. The van der Waals surface area contributed by atoms with Gasteiger partial charge in [0.05, 0.1) is 15.7 Å². The summed E-state index contributed by atoms with van der Waals surface area (Å²) >= 11 is 17.1. The van der Waals surface area contributed by atoms with Crippen molar-refractivity contribution in [1.29, 1.82) is 0 Å². The van der Waals surface area contributed by atoms with Crippen molar-refractivity contribution in [3.05, 3.63) is 28.2 Å². The van der Waals surface area contributed by atoms with Crippen molar-refractivity contribution in [2.45, 2.75) is 18.9 Å². The van der Waals surface area contributed by atoms with Gasteiger partial charge in [-0.3, -0.25) is 0 Å². The average Bonchev–Trinajstić information content (AvgIpc) is 2.95. The van der Waals surface area contributed by atoms with Crippen LogP contribution in [0, 0.1) is 0 Å². The van der Waals surface area contributed by atoms with Crippen molar-refractivity contribution in [3.63, 3.8) is 0 Å². The number of anilines is 1. The predicted octanol–water partition coefficient (Wildman–Crippen LogP) is 3.44. The summed E-state index contributed by atoms with van der Waals surface area (Å²) in [5.41, 5.74) is 0.666. The molecular formula is C10H10Cl2N2S. The Morgan fingerprint density at radius 2 is 1.87 bits per heavy atom. The molecule has 1 aromatic carbocycles. The minimum atomic E-state index is 0.520. The molecule has 2 nitrogen and oxygen atoms in total. The molecule has 5 heteroatoms. The van der Waals surface area contributed by atoms with Crippen LogP contribution >= 0.6 is 35.4 Å². The zero-order chi connectivity index (χ0) is 10.8. The third kappa shape index (κ3) is 2.97. The molecule has 1 aromatic rings. The van der Waals surface area contributed by atoms with Crippen molar-refractivity contribution in [1.82, 2.24) is 5.32 Å². The van der Waals surface area contributed by atoms with Gasteiger partial charge in [0.25, 0.3) is 0 Å². The summed E-state index contributed by atoms with van der Waals surface area (Å²) in [4.78, 5) is 0. The van der Waals surface area contributed by atoms with E-state index in [-0.39, 0.29) is 0 Å². The summed E-state index contributed by atoms with van der Waals surface area (Å²) in [6.45, 7) is 0. The first kappa shape index (κ1) is 11.0. The Hall–Kier alpha value is -0.510. The Labute approximate surface area is 104 Å². The molecule has 0 unspecified atom stereocenters. The minimum absolute atomic E-state index is 0.520. The Kier molecular flexibility index (Phi) is 3.34. The van der Waals surface area contributed by atoms with Gasteiger partial charge in [0, 0.05) is 6.04 Å². The summed E-state index contributed by atoms with van der Waals surface area (Å²) in [6.07, 6.45) is 2.36. The molecule has 0 atom stereocenters. The number of hydrogen-bond donors (Lipinski definition) is 2. The molecule has 0 bridgehead atoms. The topological polar surface area (TPSA) is 24.1 Å². The fourth-order valence-electron chi connectivity index (χ4n) is 1.18. The first-order valence-corrected chi connectivity index (χ1v) is 5.85. The molecule has 0 radical (unpaired) electrons. The van der Waals surface area contributed by atoms with Gasteiger partial charge >= 0.3 is 0 Å². The molecule has 0 amide bonds. The summed E-state index contributed by atoms with van der Waals surface area (Å²) in [5.74, 6) is 0. The Morgan fingerprint density at radius 1 is 1.27 bits per heavy atom. The van der Waals surface area contributed by atoms with Crippen LogP contribution in [0.15, 0.2) is 18.2 Å². The highest BCUT2D eigenvalue weighted by Crippen LogP contribution is 2.30. The van der Waals surface area contributed by atoms with Crippen molar-refractivity contribution >= 4 is 46.2 Å². The standard InChI is InChI=1S/C10H10Cl2N2S/c11-7-2-1-3-8(12)9(7)14-10(15)13-6-4-5-6/h1-3,6H,4-5H2,(H2,13,14,15). The van der Waals surface area contributed by atoms with Gasteiger partial charge in [0.2, 0.25) is 0 Å². The van der Waals surface area contributed by atoms with Gasteiger partial charge in [-0.1, -0.05) is 29.3 Å². The van der Waals surface area contributed by atoms with Gasteiger partial charge in [-0.2, -0.15) is 0 Å². The molecule has 2 rings (SSSR count). The molecule has 80 valence electrons. The number of thiocarbonyl (C=S) groups is 1. The van der Waals surface area contributed by atoms with Gasteiger partial charge in [-0.25, -0.2) is 0 Å². The quantitative estimate of drug-likeness (QED) is 0.797. The third-order valence-corrected chi connectivity index (χ3v) is 2.96. The van der Waals surface area contributed by atoms with E-state index in [2.05, 4.69) is 10.6 Å². The van der Waals surface area contributed by atoms with Crippen LogP contribution < -0.4 is 10.6 Å². The monoisotopic (exact) mass is 260 g/mol. The lowest BCUT2D eigenvalue weighted by atomic mass is 10.3. The van der Waals surface area contributed by atoms with E-state index in [9.17, 15) is 0 Å². The first-order valence-electron chi connectivity index (χ1n) is 4.68. The van der Waals surface area contributed by atoms with Crippen molar-refractivity contribution in [2.75, 3.05) is 5.32 Å². The predicted molar refractivity (Wildman–Crippen MR) is 68.8 cm³/mol. The van der Waals surface area contributed by atoms with E-state index >= 15 is 0 Å². The molecule has 0 spiro atoms. The second-order valence-corrected chi connectivity index (χ2v) is 4.69. The molecule has 0 saturated heterocycles. The maximum atomic E-state index is 5.99. The molecule has 15 heavy (non-hydrogen) atoms. The van der Waals surface area contributed by atoms with E-state index in [1.54, 1.807) is 18.2 Å². The number of halogens is 2. The lowest BCUT2D eigenvalue weighted by molar-refractivity contribution is 0.919. The average molecular weight is 261 g/mol. The van der Waals surface area contributed by atoms with E-state index in [1.807, 2.05) is 0 Å². The fraction of sp³-hybridized carbons (Fsp3) is 0.300. The van der Waals surface area contributed by atoms with Crippen LogP contribution in [0.1, 0.15) is 12.8 Å². The zero-order valence-electron chi connectivity index (χ0n) is 7.89. The van der Waals surface area contributed by atoms with Crippen LogP contribution in [0.3, 0.4) is 0 Å². The van der Waals surface area contributed by atoms with Crippen LogP contribution in [-0.4, -0.2) is 11.2 Å². The van der Waals surface area contributed by atoms with Crippen LogP contribution in [0.4, 0.5) is 5.69 Å². The lowest BCUT2D eigenvalue weighted by Gasteiger charge is -2.12. The van der Waals surface area contributed by atoms with E-state index < -0.39 is 0 Å². The number of para-hydroxylation sites is 1. The van der Waals surface area contributed by atoms with Gasteiger partial charge < -0.3 is 10.6 Å². The normalized spacial score (nSPS) is 14.8. The Balaban J connectivity index is 2.05. The van der Waals surface area contributed by atoms with Gasteiger partial charge in [0.15, 0.2) is 5.11 Å². The van der Waals surface area contributed by atoms with E-state index in [0.717, 1.165) is 0 Å². The molecule has 0 aliphatic heterocycles. The van der Waals surface area contributed by atoms with Crippen LogP contribution in [0.2, 0.25) is 10.0 Å². The van der Waals surface area contributed by atoms with E-state index in [1.165, 1.54) is 12.8 Å². The van der Waals surface area contributed by atoms with E-state index in [0.29, 0.717) is 26.9 Å². The number of rotatable bonds is 2. The summed E-state index contributed by atoms with van der Waals surface area (Å²) in [7, 11) is 0. The molecule has 1 saturated carbocycles. The number of nitrogens with one attached hydrogen (secondary N) is 2. The van der Waals surface area contributed by atoms with E-state index in [4.69, 9.17) is 35.4 Å². The van der Waals surface area contributed by atoms with Crippen LogP contribution in [0.25, 0.3) is 0 Å². The van der Waals surface area contributed by atoms with Gasteiger partial charge in [-0.05, 0) is 37.2 Å². The van der Waals surface area contributed by atoms with Crippen LogP contribution in [0.5, 0.6) is 0 Å². The SMILES string of the molecule is S=C(Nc1c(Cl)cccc1Cl)NC1CC1. The smallest absolute Gasteiger partial charge is 0.171 e. The molecule has 1 aliphatic rings. The lowest BCUT2D eigenvalue weighted by Crippen LogP contribution is -2.30. The summed E-state index contributed by atoms with van der Waals surface area (Å²) in [6, 6.07) is 5.87. The van der Waals surface area contributed by atoms with Crippen LogP contribution in [-0.2, 0) is 0 Å². The summed E-state index contributed by atoms with van der Waals surface area (Å²) in [5, 5.41) is 7.89. The van der Waals surface area contributed by atoms with Crippen molar-refractivity contribution in [2.24, 2.45) is 0 Å². The molecule has 0 heterocycles. The van der Waals surface area contributed by atoms with Gasteiger partial charge in [0.1, 0.15) is 0 Å². The molecule has 1 aliphatic carbocycles. The second-order valence-electron chi connectivity index (χ2n) is 3.47. The molecular weight excluding hydrogens is 251 g/mol. The fourth-order valence-corrected chi connectivity index (χ4v) is 1.94. The van der Waals surface area contributed by atoms with Gasteiger partial charge in [-0.15, -0.1) is 0 Å².